The van der Waals surface area contributed by atoms with Gasteiger partial charge in [-0.25, -0.2) is 4.52 Å². The van der Waals surface area contributed by atoms with Crippen molar-refractivity contribution in [2.75, 3.05) is 11.5 Å². The number of thiophene rings is 1. The van der Waals surface area contributed by atoms with Crippen LogP contribution in [-0.2, 0) is 0 Å². The van der Waals surface area contributed by atoms with Gasteiger partial charge < -0.3 is 11.1 Å². The van der Waals surface area contributed by atoms with E-state index in [1.54, 1.807) is 16.8 Å². The Hall–Kier alpha value is -1.62. The van der Waals surface area contributed by atoms with Gasteiger partial charge in [0.2, 0.25) is 0 Å². The van der Waals surface area contributed by atoms with E-state index in [0.717, 1.165) is 16.6 Å². The van der Waals surface area contributed by atoms with Gasteiger partial charge in [0.1, 0.15) is 4.34 Å². The van der Waals surface area contributed by atoms with Crippen molar-refractivity contribution in [1.29, 1.82) is 0 Å². The van der Waals surface area contributed by atoms with Crippen molar-refractivity contribution in [2.45, 2.75) is 18.5 Å². The zero-order chi connectivity index (χ0) is 19.2. The van der Waals surface area contributed by atoms with Crippen LogP contribution in [0, 0.1) is 0 Å². The lowest BCUT2D eigenvalue weighted by Crippen LogP contribution is -2.53. The third-order valence-electron chi connectivity index (χ3n) is 4.69. The number of pyridine rings is 1. The number of carbonyl (C=O) groups excluding carboxylic acids is 1. The summed E-state index contributed by atoms with van der Waals surface area (Å²) in [5.74, 6) is 0.0478. The summed E-state index contributed by atoms with van der Waals surface area (Å²) in [4.78, 5) is 13.1. The first-order valence-corrected chi connectivity index (χ1v) is 11.4. The lowest BCUT2D eigenvalue weighted by molar-refractivity contribution is 0.0938. The molecule has 1 amide bonds. The zero-order valence-corrected chi connectivity index (χ0v) is 16.6. The molecule has 3 aromatic rings. The van der Waals surface area contributed by atoms with Crippen LogP contribution < -0.4 is 11.1 Å². The highest BCUT2D eigenvalue weighted by Crippen LogP contribution is 2.44. The second-order valence-corrected chi connectivity index (χ2v) is 10.6. The Balaban J connectivity index is 1.58. The molecule has 10 heteroatoms. The number of hydrogen-bond acceptors (Lipinski definition) is 6. The molecule has 1 fully saturated rings. The molecule has 0 spiro atoms. The smallest absolute Gasteiger partial charge is 0.261 e. The number of nitrogens with two attached hydrogens (primary N) is 1. The van der Waals surface area contributed by atoms with E-state index < -0.39 is 16.6 Å². The van der Waals surface area contributed by atoms with E-state index in [4.69, 9.17) is 17.3 Å². The fraction of sp³-hybridized carbons (Fsp3) is 0.294. The molecule has 0 aliphatic carbocycles. The van der Waals surface area contributed by atoms with E-state index >= 15 is 0 Å². The average Bonchev–Trinajstić information content (AvgIpc) is 3.21. The van der Waals surface area contributed by atoms with Gasteiger partial charge in [-0.2, -0.15) is 15.7 Å². The number of nitrogens with one attached hydrogen (secondary N) is 1. The third-order valence-corrected chi connectivity index (χ3v) is 7.82. The van der Waals surface area contributed by atoms with Crippen LogP contribution in [0.1, 0.15) is 16.1 Å². The Kier molecular flexibility index (Phi) is 4.91. The van der Waals surface area contributed by atoms with Gasteiger partial charge in [-0.05, 0) is 24.6 Å². The van der Waals surface area contributed by atoms with Crippen molar-refractivity contribution in [3.05, 3.63) is 45.9 Å². The first-order chi connectivity index (χ1) is 12.8. The highest BCUT2D eigenvalue weighted by molar-refractivity contribution is 8.24. The second-order valence-electron chi connectivity index (χ2n) is 6.59. The number of nitrogens with zero attached hydrogens (tertiary/aromatic N) is 2. The molecule has 2 unspecified atom stereocenters. The normalized spacial score (nSPS) is 23.3. The van der Waals surface area contributed by atoms with E-state index in [1.807, 2.05) is 24.4 Å². The molecule has 1 saturated heterocycles. The van der Waals surface area contributed by atoms with Crippen LogP contribution >= 0.6 is 33.5 Å². The van der Waals surface area contributed by atoms with Crippen molar-refractivity contribution in [3.63, 3.8) is 0 Å². The molecule has 4 heterocycles. The van der Waals surface area contributed by atoms with Crippen molar-refractivity contribution >= 4 is 45.0 Å². The molecular formula is C17H19ClN4O3S2. The fourth-order valence-electron chi connectivity index (χ4n) is 3.22. The number of carbonyl (C=O) groups is 1. The van der Waals surface area contributed by atoms with Crippen LogP contribution in [0.15, 0.2) is 36.7 Å². The monoisotopic (exact) mass is 426 g/mol. The van der Waals surface area contributed by atoms with Gasteiger partial charge in [-0.3, -0.25) is 13.9 Å². The number of aromatic nitrogens is 2. The highest BCUT2D eigenvalue weighted by atomic mass is 35.5. The van der Waals surface area contributed by atoms with Gasteiger partial charge in [0.15, 0.2) is 0 Å². The molecule has 27 heavy (non-hydrogen) atoms. The topological polar surface area (TPSA) is 113 Å². The standard InChI is InChI=1S/C17H19ClN4O3S2/c18-16-10(11-8-20-22-5-2-1-3-14(11)22)7-15(26-16)17(23)21-13-9-27(24,25)6-4-12(13)19/h1-3,5,7-8,12-13,24-25H,4,6,9,19H2,(H,21,23). The molecule has 0 saturated carbocycles. The maximum Gasteiger partial charge on any atom is 0.261 e. The van der Waals surface area contributed by atoms with Gasteiger partial charge in [0.05, 0.1) is 28.4 Å². The second kappa shape index (κ2) is 7.08. The van der Waals surface area contributed by atoms with Crippen molar-refractivity contribution in [3.8, 4) is 11.1 Å². The lowest BCUT2D eigenvalue weighted by Gasteiger charge is -2.43. The summed E-state index contributed by atoms with van der Waals surface area (Å²) in [6, 6.07) is 6.69. The van der Waals surface area contributed by atoms with E-state index in [2.05, 4.69) is 10.4 Å². The van der Waals surface area contributed by atoms with Gasteiger partial charge in [-0.15, -0.1) is 11.3 Å². The lowest BCUT2D eigenvalue weighted by atomic mass is 10.1. The number of hydrogen-bond donors (Lipinski definition) is 4. The van der Waals surface area contributed by atoms with Crippen molar-refractivity contribution < 1.29 is 13.9 Å². The minimum Gasteiger partial charge on any atom is -0.345 e. The minimum atomic E-state index is -2.68. The molecular weight excluding hydrogens is 408 g/mol. The van der Waals surface area contributed by atoms with Crippen LogP contribution in [0.3, 0.4) is 0 Å². The van der Waals surface area contributed by atoms with Crippen LogP contribution in [-0.4, -0.2) is 48.2 Å². The first-order valence-electron chi connectivity index (χ1n) is 8.36. The molecule has 4 rings (SSSR count). The number of amides is 1. The van der Waals surface area contributed by atoms with E-state index in [1.165, 1.54) is 11.3 Å². The summed E-state index contributed by atoms with van der Waals surface area (Å²) in [6.45, 7) is 0. The SMILES string of the molecule is NC1CCS(O)(O)CC1NC(=O)c1cc(-c2cnn3ccccc23)c(Cl)s1. The summed E-state index contributed by atoms with van der Waals surface area (Å²) in [6.07, 6.45) is 4.03. The predicted octanol–water partition coefficient (Wildman–Crippen LogP) is 3.30. The summed E-state index contributed by atoms with van der Waals surface area (Å²) in [5.41, 5.74) is 8.53. The first kappa shape index (κ1) is 18.7. The molecule has 0 aromatic carbocycles. The molecule has 5 N–H and O–H groups in total. The van der Waals surface area contributed by atoms with E-state index in [0.29, 0.717) is 15.6 Å². The number of halogens is 1. The number of fused-ring (bicyclic) bond motifs is 1. The molecule has 1 aliphatic rings. The Bertz CT molecular complexity index is 1000. The average molecular weight is 427 g/mol. The van der Waals surface area contributed by atoms with Crippen LogP contribution in [0.5, 0.6) is 0 Å². The summed E-state index contributed by atoms with van der Waals surface area (Å²) in [5, 5.41) is 7.13. The minimum absolute atomic E-state index is 0.0833. The summed E-state index contributed by atoms with van der Waals surface area (Å²) >= 11 is 7.57. The molecule has 0 bridgehead atoms. The Morgan fingerprint density at radius 1 is 1.41 bits per heavy atom. The Labute approximate surface area is 166 Å². The molecule has 2 atom stereocenters. The van der Waals surface area contributed by atoms with Crippen molar-refractivity contribution in [1.82, 2.24) is 14.9 Å². The quantitative estimate of drug-likeness (QED) is 0.513. The summed E-state index contributed by atoms with van der Waals surface area (Å²) < 4.78 is 22.1. The third kappa shape index (κ3) is 3.71. The molecule has 7 nitrogen and oxygen atoms in total. The molecule has 144 valence electrons. The van der Waals surface area contributed by atoms with Crippen LogP contribution in [0.4, 0.5) is 0 Å². The summed E-state index contributed by atoms with van der Waals surface area (Å²) in [7, 11) is -2.68. The van der Waals surface area contributed by atoms with Gasteiger partial charge >= 0.3 is 0 Å². The van der Waals surface area contributed by atoms with Gasteiger partial charge in [0, 0.05) is 29.1 Å². The Morgan fingerprint density at radius 2 is 2.22 bits per heavy atom. The predicted molar refractivity (Wildman–Crippen MR) is 110 cm³/mol. The number of rotatable bonds is 3. The highest BCUT2D eigenvalue weighted by Gasteiger charge is 2.32. The Morgan fingerprint density at radius 3 is 3.04 bits per heavy atom. The maximum absolute atomic E-state index is 12.7. The molecule has 1 aliphatic heterocycles. The largest absolute Gasteiger partial charge is 0.345 e. The molecule has 3 aromatic heterocycles. The van der Waals surface area contributed by atoms with Crippen LogP contribution in [0.2, 0.25) is 4.34 Å². The van der Waals surface area contributed by atoms with E-state index in [-0.39, 0.29) is 23.5 Å². The van der Waals surface area contributed by atoms with Crippen LogP contribution in [0.25, 0.3) is 16.6 Å². The van der Waals surface area contributed by atoms with Crippen molar-refractivity contribution in [2.24, 2.45) is 5.73 Å². The van der Waals surface area contributed by atoms with Gasteiger partial charge in [0.25, 0.3) is 5.91 Å². The maximum atomic E-state index is 12.7. The fourth-order valence-corrected chi connectivity index (χ4v) is 6.14. The van der Waals surface area contributed by atoms with Gasteiger partial charge in [-0.1, -0.05) is 17.7 Å². The molecule has 0 radical (unpaired) electrons. The zero-order valence-electron chi connectivity index (χ0n) is 14.2. The van der Waals surface area contributed by atoms with E-state index in [9.17, 15) is 13.9 Å².